The number of hydrogen-bond acceptors (Lipinski definition) is 3. The molecule has 0 fully saturated rings. The van der Waals surface area contributed by atoms with E-state index in [0.29, 0.717) is 15.6 Å². The van der Waals surface area contributed by atoms with Gasteiger partial charge in [0.2, 0.25) is 0 Å². The number of para-hydroxylation sites is 1. The zero-order valence-corrected chi connectivity index (χ0v) is 14.7. The van der Waals surface area contributed by atoms with Crippen molar-refractivity contribution in [1.29, 1.82) is 0 Å². The molecule has 0 aliphatic heterocycles. The van der Waals surface area contributed by atoms with Crippen molar-refractivity contribution in [3.8, 4) is 0 Å². The number of esters is 1. The summed E-state index contributed by atoms with van der Waals surface area (Å²) >= 11 is 11.8. The molecule has 0 spiro atoms. The number of ether oxygens (including phenoxy) is 1. The third-order valence-electron chi connectivity index (χ3n) is 3.39. The monoisotopic (exact) mass is 365 g/mol. The Kier molecular flexibility index (Phi) is 6.64. The van der Waals surface area contributed by atoms with Crippen LogP contribution >= 0.6 is 23.2 Å². The van der Waals surface area contributed by atoms with Gasteiger partial charge < -0.3 is 10.1 Å². The highest BCUT2D eigenvalue weighted by atomic mass is 35.5. The van der Waals surface area contributed by atoms with Crippen molar-refractivity contribution in [2.24, 2.45) is 0 Å². The number of rotatable bonds is 6. The molecule has 2 aromatic carbocycles. The van der Waals surface area contributed by atoms with E-state index in [1.807, 2.05) is 31.2 Å². The highest BCUT2D eigenvalue weighted by Crippen LogP contribution is 2.21. The van der Waals surface area contributed by atoms with Crippen LogP contribution in [0.1, 0.15) is 18.1 Å². The van der Waals surface area contributed by atoms with E-state index in [9.17, 15) is 9.59 Å². The maximum absolute atomic E-state index is 11.9. The van der Waals surface area contributed by atoms with Gasteiger partial charge in [-0.05, 0) is 35.7 Å². The van der Waals surface area contributed by atoms with E-state index in [1.54, 1.807) is 18.2 Å². The van der Waals surface area contributed by atoms with Gasteiger partial charge in [0.15, 0.2) is 6.61 Å². The molecule has 1 N–H and O–H groups in total. The lowest BCUT2D eigenvalue weighted by Gasteiger charge is -2.10. The van der Waals surface area contributed by atoms with E-state index in [0.717, 1.165) is 17.7 Å². The lowest BCUT2D eigenvalue weighted by Crippen LogP contribution is -2.22. The van der Waals surface area contributed by atoms with Gasteiger partial charge >= 0.3 is 5.97 Å². The van der Waals surface area contributed by atoms with Gasteiger partial charge in [0.1, 0.15) is 0 Å². The van der Waals surface area contributed by atoms with Crippen molar-refractivity contribution in [2.45, 2.75) is 19.8 Å². The van der Waals surface area contributed by atoms with Crippen molar-refractivity contribution in [2.75, 3.05) is 11.9 Å². The third-order valence-corrected chi connectivity index (χ3v) is 3.97. The summed E-state index contributed by atoms with van der Waals surface area (Å²) in [6, 6.07) is 12.3. The SMILES string of the molecule is CCc1ccccc1NC(=O)COC(=O)Cc1ccc(Cl)cc1Cl. The van der Waals surface area contributed by atoms with Crippen molar-refractivity contribution in [3.63, 3.8) is 0 Å². The molecule has 24 heavy (non-hydrogen) atoms. The number of nitrogens with one attached hydrogen (secondary N) is 1. The minimum atomic E-state index is -0.529. The summed E-state index contributed by atoms with van der Waals surface area (Å²) in [6.07, 6.45) is 0.778. The minimum absolute atomic E-state index is 0.0190. The Balaban J connectivity index is 1.86. The summed E-state index contributed by atoms with van der Waals surface area (Å²) < 4.78 is 5.00. The van der Waals surface area contributed by atoms with Gasteiger partial charge in [-0.2, -0.15) is 0 Å². The standard InChI is InChI=1S/C18H17Cl2NO3/c1-2-12-5-3-4-6-16(12)21-17(22)11-24-18(23)9-13-7-8-14(19)10-15(13)20/h3-8,10H,2,9,11H2,1H3,(H,21,22). The normalized spacial score (nSPS) is 10.3. The molecule has 1 amide bonds. The first kappa shape index (κ1) is 18.3. The van der Waals surface area contributed by atoms with Crippen molar-refractivity contribution in [3.05, 3.63) is 63.6 Å². The van der Waals surface area contributed by atoms with Crippen LogP contribution in [0.5, 0.6) is 0 Å². The number of carbonyl (C=O) groups is 2. The number of benzene rings is 2. The van der Waals surface area contributed by atoms with Gasteiger partial charge in [-0.25, -0.2) is 0 Å². The number of hydrogen-bond donors (Lipinski definition) is 1. The first-order valence-electron chi connectivity index (χ1n) is 7.47. The largest absolute Gasteiger partial charge is 0.455 e. The van der Waals surface area contributed by atoms with Crippen LogP contribution in [0.3, 0.4) is 0 Å². The quantitative estimate of drug-likeness (QED) is 0.777. The molecule has 6 heteroatoms. The average molecular weight is 366 g/mol. The number of carbonyl (C=O) groups excluding carboxylic acids is 2. The van der Waals surface area contributed by atoms with E-state index in [1.165, 1.54) is 0 Å². The van der Waals surface area contributed by atoms with Crippen LogP contribution in [-0.4, -0.2) is 18.5 Å². The van der Waals surface area contributed by atoms with E-state index < -0.39 is 5.97 Å². The Labute approximate surface area is 150 Å². The molecule has 0 aliphatic carbocycles. The molecule has 0 radical (unpaired) electrons. The van der Waals surface area contributed by atoms with Gasteiger partial charge in [-0.15, -0.1) is 0 Å². The highest BCUT2D eigenvalue weighted by molar-refractivity contribution is 6.35. The first-order valence-corrected chi connectivity index (χ1v) is 8.22. The molecule has 0 heterocycles. The van der Waals surface area contributed by atoms with Crippen LogP contribution in [0.2, 0.25) is 10.0 Å². The second-order valence-electron chi connectivity index (χ2n) is 5.13. The van der Waals surface area contributed by atoms with Gasteiger partial charge in [0.05, 0.1) is 6.42 Å². The summed E-state index contributed by atoms with van der Waals surface area (Å²) in [7, 11) is 0. The zero-order chi connectivity index (χ0) is 17.5. The highest BCUT2D eigenvalue weighted by Gasteiger charge is 2.12. The second-order valence-corrected chi connectivity index (χ2v) is 5.98. The Morgan fingerprint density at radius 2 is 1.83 bits per heavy atom. The van der Waals surface area contributed by atoms with Crippen molar-refractivity contribution in [1.82, 2.24) is 0 Å². The molecule has 2 rings (SSSR count). The van der Waals surface area contributed by atoms with Crippen molar-refractivity contribution < 1.29 is 14.3 Å². The molecule has 0 aliphatic rings. The van der Waals surface area contributed by atoms with Crippen LogP contribution in [0.15, 0.2) is 42.5 Å². The van der Waals surface area contributed by atoms with Crippen LogP contribution in [-0.2, 0) is 27.2 Å². The average Bonchev–Trinajstić information content (AvgIpc) is 2.56. The Bertz CT molecular complexity index is 747. The lowest BCUT2D eigenvalue weighted by molar-refractivity contribution is -0.146. The lowest BCUT2D eigenvalue weighted by atomic mass is 10.1. The third kappa shape index (κ3) is 5.25. The zero-order valence-electron chi connectivity index (χ0n) is 13.1. The van der Waals surface area contributed by atoms with Crippen LogP contribution in [0, 0.1) is 0 Å². The fourth-order valence-corrected chi connectivity index (χ4v) is 2.63. The summed E-state index contributed by atoms with van der Waals surface area (Å²) in [5, 5.41) is 3.62. The van der Waals surface area contributed by atoms with Gasteiger partial charge in [-0.1, -0.05) is 54.4 Å². The Morgan fingerprint density at radius 1 is 1.08 bits per heavy atom. The first-order chi connectivity index (χ1) is 11.5. The molecule has 0 unspecified atom stereocenters. The molecule has 0 atom stereocenters. The topological polar surface area (TPSA) is 55.4 Å². The van der Waals surface area contributed by atoms with Crippen LogP contribution in [0.4, 0.5) is 5.69 Å². The van der Waals surface area contributed by atoms with Crippen molar-refractivity contribution >= 4 is 40.8 Å². The summed E-state index contributed by atoms with van der Waals surface area (Å²) in [5.41, 5.74) is 2.34. The van der Waals surface area contributed by atoms with Crippen LogP contribution < -0.4 is 5.32 Å². The molecule has 4 nitrogen and oxygen atoms in total. The smallest absolute Gasteiger partial charge is 0.310 e. The summed E-state index contributed by atoms with van der Waals surface area (Å²) in [4.78, 5) is 23.8. The second kappa shape index (κ2) is 8.71. The molecular weight excluding hydrogens is 349 g/mol. The fraction of sp³-hybridized carbons (Fsp3) is 0.222. The summed E-state index contributed by atoms with van der Waals surface area (Å²) in [6.45, 7) is 1.66. The fourth-order valence-electron chi connectivity index (χ4n) is 2.15. The number of anilines is 1. The molecule has 0 saturated heterocycles. The van der Waals surface area contributed by atoms with Gasteiger partial charge in [-0.3, -0.25) is 9.59 Å². The van der Waals surface area contributed by atoms with E-state index in [2.05, 4.69) is 5.32 Å². The molecule has 0 saturated carbocycles. The van der Waals surface area contributed by atoms with Gasteiger partial charge in [0.25, 0.3) is 5.91 Å². The molecule has 126 valence electrons. The van der Waals surface area contributed by atoms with E-state index >= 15 is 0 Å². The number of halogens is 2. The minimum Gasteiger partial charge on any atom is -0.455 e. The maximum atomic E-state index is 11.9. The van der Waals surface area contributed by atoms with E-state index in [-0.39, 0.29) is 18.9 Å². The summed E-state index contributed by atoms with van der Waals surface area (Å²) in [5.74, 6) is -0.912. The molecule has 0 aromatic heterocycles. The van der Waals surface area contributed by atoms with Gasteiger partial charge in [0, 0.05) is 15.7 Å². The maximum Gasteiger partial charge on any atom is 0.310 e. The number of amides is 1. The predicted molar refractivity (Wildman–Crippen MR) is 95.6 cm³/mol. The Hall–Kier alpha value is -2.04. The molecule has 2 aromatic rings. The Morgan fingerprint density at radius 3 is 2.54 bits per heavy atom. The predicted octanol–water partition coefficient (Wildman–Crippen LogP) is 4.28. The number of aryl methyl sites for hydroxylation is 1. The molecule has 0 bridgehead atoms. The molecular formula is C18H17Cl2NO3. The van der Waals surface area contributed by atoms with E-state index in [4.69, 9.17) is 27.9 Å². The van der Waals surface area contributed by atoms with Crippen LogP contribution in [0.25, 0.3) is 0 Å².